The summed E-state index contributed by atoms with van der Waals surface area (Å²) in [6.45, 7) is 9.45. The third-order valence-electron chi connectivity index (χ3n) is 5.81. The summed E-state index contributed by atoms with van der Waals surface area (Å²) in [6, 6.07) is 19.4. The largest absolute Gasteiger partial charge is 0.491 e. The summed E-state index contributed by atoms with van der Waals surface area (Å²) in [5, 5.41) is 26.9. The topological polar surface area (TPSA) is 83.0 Å². The third-order valence-corrected chi connectivity index (χ3v) is 5.81. The van der Waals surface area contributed by atoms with Gasteiger partial charge in [0.25, 0.3) is 0 Å². The summed E-state index contributed by atoms with van der Waals surface area (Å²) < 4.78 is 11.4. The molecule has 34 heavy (non-hydrogen) atoms. The molecule has 0 saturated carbocycles. The molecule has 6 heteroatoms. The molecule has 3 aromatic carbocycles. The van der Waals surface area contributed by atoms with Crippen LogP contribution in [0.2, 0.25) is 0 Å². The van der Waals surface area contributed by atoms with Crippen molar-refractivity contribution >= 4 is 11.4 Å². The van der Waals surface area contributed by atoms with Crippen molar-refractivity contribution in [3.8, 4) is 11.5 Å². The van der Waals surface area contributed by atoms with Gasteiger partial charge in [-0.05, 0) is 98.5 Å². The molecule has 182 valence electrons. The van der Waals surface area contributed by atoms with Crippen LogP contribution in [0, 0.1) is 27.7 Å². The highest BCUT2D eigenvalue weighted by molar-refractivity contribution is 5.49. The lowest BCUT2D eigenvalue weighted by Crippen LogP contribution is -2.26. The Hall–Kier alpha value is -3.22. The number of aliphatic hydroxyl groups is 2. The number of aryl methyl sites for hydroxylation is 4. The van der Waals surface area contributed by atoms with Crippen LogP contribution in [-0.2, 0) is 0 Å². The van der Waals surface area contributed by atoms with Gasteiger partial charge in [0.15, 0.2) is 0 Å². The minimum atomic E-state index is -0.641. The van der Waals surface area contributed by atoms with Crippen molar-refractivity contribution in [3.05, 3.63) is 82.9 Å². The van der Waals surface area contributed by atoms with Crippen LogP contribution >= 0.6 is 0 Å². The molecule has 0 bridgehead atoms. The predicted molar refractivity (Wildman–Crippen MR) is 138 cm³/mol. The van der Waals surface area contributed by atoms with Gasteiger partial charge in [0.05, 0.1) is 0 Å². The van der Waals surface area contributed by atoms with E-state index in [1.165, 1.54) is 22.3 Å². The summed E-state index contributed by atoms with van der Waals surface area (Å²) >= 11 is 0. The van der Waals surface area contributed by atoms with Crippen LogP contribution in [0.4, 0.5) is 11.4 Å². The van der Waals surface area contributed by atoms with Gasteiger partial charge in [-0.15, -0.1) is 0 Å². The number of hydrogen-bond acceptors (Lipinski definition) is 6. The molecule has 0 aliphatic rings. The van der Waals surface area contributed by atoms with E-state index in [1.54, 1.807) is 24.3 Å². The van der Waals surface area contributed by atoms with Gasteiger partial charge < -0.3 is 30.3 Å². The van der Waals surface area contributed by atoms with Crippen molar-refractivity contribution in [2.75, 3.05) is 36.9 Å². The predicted octanol–water partition coefficient (Wildman–Crippen LogP) is 4.62. The standard InChI is InChI=1S/C28H36N2O4/c1-19-5-7-23(13-21(19)3)29-15-25(31)17-33-27-9-11-28(12-10-27)34-18-26(32)16-30-24-8-6-20(2)22(4)14-24/h5-14,25-26,29-32H,15-18H2,1-4H3. The zero-order valence-corrected chi connectivity index (χ0v) is 20.5. The summed E-state index contributed by atoms with van der Waals surface area (Å²) in [7, 11) is 0. The van der Waals surface area contributed by atoms with Gasteiger partial charge in [-0.2, -0.15) is 0 Å². The van der Waals surface area contributed by atoms with Gasteiger partial charge in [0.2, 0.25) is 0 Å². The number of ether oxygens (including phenoxy) is 2. The SMILES string of the molecule is Cc1ccc(NCC(O)COc2ccc(OCC(O)CNc3ccc(C)c(C)c3)cc2)cc1C. The Morgan fingerprint density at radius 2 is 0.971 bits per heavy atom. The Bertz CT molecular complexity index is 968. The first-order valence-electron chi connectivity index (χ1n) is 11.6. The summed E-state index contributed by atoms with van der Waals surface area (Å²) in [4.78, 5) is 0. The van der Waals surface area contributed by atoms with E-state index in [4.69, 9.17) is 9.47 Å². The zero-order chi connectivity index (χ0) is 24.5. The average Bonchev–Trinajstić information content (AvgIpc) is 2.83. The van der Waals surface area contributed by atoms with Gasteiger partial charge in [-0.1, -0.05) is 12.1 Å². The van der Waals surface area contributed by atoms with E-state index in [2.05, 4.69) is 62.6 Å². The fourth-order valence-corrected chi connectivity index (χ4v) is 3.31. The quantitative estimate of drug-likeness (QED) is 0.313. The highest BCUT2D eigenvalue weighted by atomic mass is 16.5. The van der Waals surface area contributed by atoms with Gasteiger partial charge in [0.1, 0.15) is 36.9 Å². The molecule has 3 rings (SSSR count). The number of rotatable bonds is 12. The molecule has 0 saturated heterocycles. The number of hydrogen-bond donors (Lipinski definition) is 4. The van der Waals surface area contributed by atoms with E-state index >= 15 is 0 Å². The fourth-order valence-electron chi connectivity index (χ4n) is 3.31. The van der Waals surface area contributed by atoms with Gasteiger partial charge in [-0.25, -0.2) is 0 Å². The number of nitrogens with one attached hydrogen (secondary N) is 2. The van der Waals surface area contributed by atoms with E-state index in [9.17, 15) is 10.2 Å². The Morgan fingerprint density at radius 1 is 0.588 bits per heavy atom. The van der Waals surface area contributed by atoms with Crippen molar-refractivity contribution in [1.29, 1.82) is 0 Å². The molecule has 0 heterocycles. The fraction of sp³-hybridized carbons (Fsp3) is 0.357. The van der Waals surface area contributed by atoms with Crippen LogP contribution in [0.1, 0.15) is 22.3 Å². The lowest BCUT2D eigenvalue weighted by Gasteiger charge is -2.16. The molecule has 2 unspecified atom stereocenters. The lowest BCUT2D eigenvalue weighted by molar-refractivity contribution is 0.115. The molecular weight excluding hydrogens is 428 g/mol. The first kappa shape index (κ1) is 25.4. The van der Waals surface area contributed by atoms with E-state index in [0.29, 0.717) is 24.6 Å². The van der Waals surface area contributed by atoms with E-state index in [-0.39, 0.29) is 13.2 Å². The van der Waals surface area contributed by atoms with Crippen LogP contribution in [0.15, 0.2) is 60.7 Å². The second-order valence-electron chi connectivity index (χ2n) is 8.76. The van der Waals surface area contributed by atoms with Crippen LogP contribution < -0.4 is 20.1 Å². The van der Waals surface area contributed by atoms with E-state index in [1.807, 2.05) is 12.1 Å². The molecule has 2 atom stereocenters. The Morgan fingerprint density at radius 3 is 1.32 bits per heavy atom. The van der Waals surface area contributed by atoms with Crippen LogP contribution in [0.25, 0.3) is 0 Å². The normalized spacial score (nSPS) is 12.6. The number of benzene rings is 3. The van der Waals surface area contributed by atoms with Crippen LogP contribution in [0.3, 0.4) is 0 Å². The number of aliphatic hydroxyl groups excluding tert-OH is 2. The van der Waals surface area contributed by atoms with Gasteiger partial charge in [0, 0.05) is 24.5 Å². The summed E-state index contributed by atoms with van der Waals surface area (Å²) in [6.07, 6.45) is -1.28. The highest BCUT2D eigenvalue weighted by Gasteiger charge is 2.08. The number of anilines is 2. The molecule has 0 spiro atoms. The van der Waals surface area contributed by atoms with Crippen molar-refractivity contribution in [3.63, 3.8) is 0 Å². The second kappa shape index (κ2) is 12.3. The maximum absolute atomic E-state index is 10.2. The smallest absolute Gasteiger partial charge is 0.119 e. The van der Waals surface area contributed by atoms with Crippen molar-refractivity contribution in [1.82, 2.24) is 0 Å². The first-order valence-corrected chi connectivity index (χ1v) is 11.6. The van der Waals surface area contributed by atoms with Gasteiger partial charge >= 0.3 is 0 Å². The molecule has 0 fully saturated rings. The first-order chi connectivity index (χ1) is 16.3. The second-order valence-corrected chi connectivity index (χ2v) is 8.76. The van der Waals surface area contributed by atoms with Crippen molar-refractivity contribution < 1.29 is 19.7 Å². The molecule has 0 amide bonds. The molecule has 0 aliphatic heterocycles. The Kier molecular flexibility index (Phi) is 9.19. The molecule has 6 nitrogen and oxygen atoms in total. The highest BCUT2D eigenvalue weighted by Crippen LogP contribution is 2.19. The monoisotopic (exact) mass is 464 g/mol. The minimum absolute atomic E-state index is 0.181. The molecule has 0 radical (unpaired) electrons. The van der Waals surface area contributed by atoms with E-state index in [0.717, 1.165) is 11.4 Å². The molecule has 0 aromatic heterocycles. The maximum atomic E-state index is 10.2. The molecule has 3 aromatic rings. The zero-order valence-electron chi connectivity index (χ0n) is 20.5. The Labute approximate surface area is 202 Å². The molecule has 0 aliphatic carbocycles. The van der Waals surface area contributed by atoms with Crippen LogP contribution in [-0.4, -0.2) is 48.7 Å². The summed E-state index contributed by atoms with van der Waals surface area (Å²) in [5.74, 6) is 1.30. The van der Waals surface area contributed by atoms with Crippen LogP contribution in [0.5, 0.6) is 11.5 Å². The average molecular weight is 465 g/mol. The van der Waals surface area contributed by atoms with Gasteiger partial charge in [-0.3, -0.25) is 0 Å². The maximum Gasteiger partial charge on any atom is 0.119 e. The molecular formula is C28H36N2O4. The third kappa shape index (κ3) is 7.97. The van der Waals surface area contributed by atoms with Crippen molar-refractivity contribution in [2.45, 2.75) is 39.9 Å². The molecule has 4 N–H and O–H groups in total. The summed E-state index contributed by atoms with van der Waals surface area (Å²) in [5.41, 5.74) is 6.87. The van der Waals surface area contributed by atoms with E-state index < -0.39 is 12.2 Å². The Balaban J connectivity index is 1.35. The lowest BCUT2D eigenvalue weighted by atomic mass is 10.1. The minimum Gasteiger partial charge on any atom is -0.491 e. The van der Waals surface area contributed by atoms with Crippen molar-refractivity contribution in [2.24, 2.45) is 0 Å².